The number of fused-ring (bicyclic) bond motifs is 1. The van der Waals surface area contributed by atoms with E-state index < -0.39 is 0 Å². The lowest BCUT2D eigenvalue weighted by Crippen LogP contribution is -2.12. The first-order chi connectivity index (χ1) is 7.93. The Hall–Kier alpha value is -1.41. The van der Waals surface area contributed by atoms with Gasteiger partial charge in [0.2, 0.25) is 0 Å². The molecule has 0 unspecified atom stereocenters. The predicted octanol–water partition coefficient (Wildman–Crippen LogP) is 4.00. The summed E-state index contributed by atoms with van der Waals surface area (Å²) in [6.07, 6.45) is 0.735. The van der Waals surface area contributed by atoms with E-state index in [4.69, 9.17) is 11.6 Å². The zero-order chi connectivity index (χ0) is 12.6. The SMILES string of the molecule is CC(C)(C)c1cccc2cc(C=O)c(Cl)nc12. The number of nitrogens with zero attached hydrogens (tertiary/aromatic N) is 1. The maximum atomic E-state index is 10.8. The molecule has 0 aliphatic carbocycles. The van der Waals surface area contributed by atoms with E-state index in [2.05, 4.69) is 25.8 Å². The van der Waals surface area contributed by atoms with Crippen LogP contribution in [0.3, 0.4) is 0 Å². The molecule has 88 valence electrons. The van der Waals surface area contributed by atoms with E-state index in [0.717, 1.165) is 22.8 Å². The Labute approximate surface area is 106 Å². The second-order valence-corrected chi connectivity index (χ2v) is 5.47. The van der Waals surface area contributed by atoms with Crippen molar-refractivity contribution in [1.82, 2.24) is 4.98 Å². The number of carbonyl (C=O) groups excluding carboxylic acids is 1. The van der Waals surface area contributed by atoms with Crippen LogP contribution in [0.25, 0.3) is 10.9 Å². The number of aromatic nitrogens is 1. The van der Waals surface area contributed by atoms with Crippen molar-refractivity contribution >= 4 is 28.8 Å². The lowest BCUT2D eigenvalue weighted by atomic mass is 9.85. The van der Waals surface area contributed by atoms with E-state index in [9.17, 15) is 4.79 Å². The number of para-hydroxylation sites is 1. The number of aldehydes is 1. The molecule has 0 atom stereocenters. The maximum Gasteiger partial charge on any atom is 0.153 e. The van der Waals surface area contributed by atoms with Gasteiger partial charge < -0.3 is 0 Å². The van der Waals surface area contributed by atoms with Crippen LogP contribution in [-0.2, 0) is 5.41 Å². The summed E-state index contributed by atoms with van der Waals surface area (Å²) in [6.45, 7) is 6.39. The molecule has 0 amide bonds. The molecule has 0 aliphatic heterocycles. The standard InChI is InChI=1S/C14H14ClNO/c1-14(2,3)11-6-4-5-9-7-10(8-17)13(15)16-12(9)11/h4-8H,1-3H3. The number of hydrogen-bond acceptors (Lipinski definition) is 2. The third-order valence-corrected chi connectivity index (χ3v) is 3.06. The van der Waals surface area contributed by atoms with E-state index >= 15 is 0 Å². The highest BCUT2D eigenvalue weighted by Crippen LogP contribution is 2.30. The molecule has 3 heteroatoms. The van der Waals surface area contributed by atoms with Crippen molar-refractivity contribution in [1.29, 1.82) is 0 Å². The molecular formula is C14H14ClNO. The first-order valence-electron chi connectivity index (χ1n) is 5.48. The number of pyridine rings is 1. The van der Waals surface area contributed by atoms with E-state index in [-0.39, 0.29) is 10.6 Å². The van der Waals surface area contributed by atoms with Crippen LogP contribution in [-0.4, -0.2) is 11.3 Å². The fourth-order valence-corrected chi connectivity index (χ4v) is 2.06. The minimum atomic E-state index is -0.00145. The van der Waals surface area contributed by atoms with Crippen LogP contribution in [0.5, 0.6) is 0 Å². The van der Waals surface area contributed by atoms with Gasteiger partial charge in [-0.2, -0.15) is 0 Å². The van der Waals surface area contributed by atoms with Crippen LogP contribution >= 0.6 is 11.6 Å². The highest BCUT2D eigenvalue weighted by molar-refractivity contribution is 6.32. The lowest BCUT2D eigenvalue weighted by molar-refractivity contribution is 0.112. The fourth-order valence-electron chi connectivity index (χ4n) is 1.88. The normalized spacial score (nSPS) is 11.8. The fraction of sp³-hybridized carbons (Fsp3) is 0.286. The van der Waals surface area contributed by atoms with E-state index in [1.165, 1.54) is 0 Å². The van der Waals surface area contributed by atoms with E-state index in [0.29, 0.717) is 5.56 Å². The highest BCUT2D eigenvalue weighted by atomic mass is 35.5. The van der Waals surface area contributed by atoms with Crippen LogP contribution in [0.1, 0.15) is 36.7 Å². The van der Waals surface area contributed by atoms with E-state index in [1.54, 1.807) is 6.07 Å². The summed E-state index contributed by atoms with van der Waals surface area (Å²) in [6, 6.07) is 7.76. The van der Waals surface area contributed by atoms with Crippen molar-refractivity contribution in [2.24, 2.45) is 0 Å². The number of rotatable bonds is 1. The molecule has 0 N–H and O–H groups in total. The minimum absolute atomic E-state index is 0.00145. The maximum absolute atomic E-state index is 10.8. The van der Waals surface area contributed by atoms with Crippen molar-refractivity contribution in [2.75, 3.05) is 0 Å². The zero-order valence-electron chi connectivity index (χ0n) is 10.1. The van der Waals surface area contributed by atoms with Gasteiger partial charge >= 0.3 is 0 Å². The first-order valence-corrected chi connectivity index (χ1v) is 5.86. The summed E-state index contributed by atoms with van der Waals surface area (Å²) in [5.74, 6) is 0. The molecule has 1 aromatic heterocycles. The molecule has 0 saturated carbocycles. The predicted molar refractivity (Wildman–Crippen MR) is 70.8 cm³/mol. The van der Waals surface area contributed by atoms with E-state index in [1.807, 2.05) is 18.2 Å². The van der Waals surface area contributed by atoms with Gasteiger partial charge in [-0.1, -0.05) is 50.6 Å². The van der Waals surface area contributed by atoms with Gasteiger partial charge in [-0.3, -0.25) is 4.79 Å². The summed E-state index contributed by atoms with van der Waals surface area (Å²) in [7, 11) is 0. The van der Waals surface area contributed by atoms with Crippen LogP contribution in [0.2, 0.25) is 5.15 Å². The average molecular weight is 248 g/mol. The van der Waals surface area contributed by atoms with Gasteiger partial charge in [0.05, 0.1) is 11.1 Å². The van der Waals surface area contributed by atoms with Gasteiger partial charge in [-0.25, -0.2) is 4.98 Å². The van der Waals surface area contributed by atoms with Gasteiger partial charge in [0, 0.05) is 5.39 Å². The molecule has 0 aliphatic rings. The minimum Gasteiger partial charge on any atom is -0.298 e. The van der Waals surface area contributed by atoms with Crippen LogP contribution in [0.4, 0.5) is 0 Å². The van der Waals surface area contributed by atoms with Crippen molar-refractivity contribution in [3.8, 4) is 0 Å². The second-order valence-electron chi connectivity index (χ2n) is 5.11. The molecule has 0 bridgehead atoms. The Bertz CT molecular complexity index is 585. The van der Waals surface area contributed by atoms with Crippen molar-refractivity contribution in [3.05, 3.63) is 40.5 Å². The third-order valence-electron chi connectivity index (χ3n) is 2.76. The summed E-state index contributed by atoms with van der Waals surface area (Å²) in [4.78, 5) is 15.2. The first kappa shape index (κ1) is 12.1. The van der Waals surface area contributed by atoms with Gasteiger partial charge in [0.25, 0.3) is 0 Å². The molecule has 2 nitrogen and oxygen atoms in total. The number of halogens is 1. The molecule has 0 spiro atoms. The molecule has 0 saturated heterocycles. The Balaban J connectivity index is 2.82. The number of carbonyl (C=O) groups is 1. The molecule has 2 aromatic rings. The van der Waals surface area contributed by atoms with Crippen molar-refractivity contribution < 1.29 is 4.79 Å². The Morgan fingerprint density at radius 1 is 1.29 bits per heavy atom. The van der Waals surface area contributed by atoms with Crippen molar-refractivity contribution in [3.63, 3.8) is 0 Å². The Kier molecular flexibility index (Phi) is 2.92. The van der Waals surface area contributed by atoms with Crippen molar-refractivity contribution in [2.45, 2.75) is 26.2 Å². The summed E-state index contributed by atoms with van der Waals surface area (Å²) < 4.78 is 0. The molecule has 17 heavy (non-hydrogen) atoms. The summed E-state index contributed by atoms with van der Waals surface area (Å²) in [5.41, 5.74) is 2.44. The topological polar surface area (TPSA) is 30.0 Å². The molecular weight excluding hydrogens is 234 g/mol. The molecule has 0 radical (unpaired) electrons. The zero-order valence-corrected chi connectivity index (χ0v) is 10.9. The molecule has 2 rings (SSSR count). The van der Waals surface area contributed by atoms with Gasteiger partial charge in [0.1, 0.15) is 5.15 Å². The van der Waals surface area contributed by atoms with Crippen LogP contribution in [0, 0.1) is 0 Å². The largest absolute Gasteiger partial charge is 0.298 e. The molecule has 1 aromatic carbocycles. The average Bonchev–Trinajstić information content (AvgIpc) is 2.26. The molecule has 0 fully saturated rings. The smallest absolute Gasteiger partial charge is 0.153 e. The van der Waals surface area contributed by atoms with Crippen LogP contribution < -0.4 is 0 Å². The quantitative estimate of drug-likeness (QED) is 0.563. The van der Waals surface area contributed by atoms with Gasteiger partial charge in [0.15, 0.2) is 6.29 Å². The molecule has 1 heterocycles. The number of benzene rings is 1. The highest BCUT2D eigenvalue weighted by Gasteiger charge is 2.18. The summed E-state index contributed by atoms with van der Waals surface area (Å²) >= 11 is 5.98. The Morgan fingerprint density at radius 3 is 2.59 bits per heavy atom. The number of hydrogen-bond donors (Lipinski definition) is 0. The lowest BCUT2D eigenvalue weighted by Gasteiger charge is -2.20. The second kappa shape index (κ2) is 4.11. The van der Waals surface area contributed by atoms with Gasteiger partial charge in [-0.15, -0.1) is 0 Å². The Morgan fingerprint density at radius 2 is 2.00 bits per heavy atom. The van der Waals surface area contributed by atoms with Crippen LogP contribution in [0.15, 0.2) is 24.3 Å². The van der Waals surface area contributed by atoms with Gasteiger partial charge in [-0.05, 0) is 17.0 Å². The monoisotopic (exact) mass is 247 g/mol. The third kappa shape index (κ3) is 2.18. The summed E-state index contributed by atoms with van der Waals surface area (Å²) in [5, 5.41) is 1.22.